The molecular formula is C19H34O4. The van der Waals surface area contributed by atoms with Gasteiger partial charge in [0.2, 0.25) is 0 Å². The monoisotopic (exact) mass is 326 g/mol. The second-order valence-corrected chi connectivity index (χ2v) is 6.44. The Labute approximate surface area is 141 Å². The van der Waals surface area contributed by atoms with Crippen LogP contribution in [0.15, 0.2) is 12.2 Å². The summed E-state index contributed by atoms with van der Waals surface area (Å²) in [5, 5.41) is 9.97. The molecule has 0 unspecified atom stereocenters. The number of epoxide rings is 1. The number of hydrogen-bond donors (Lipinski definition) is 1. The SMILES string of the molecule is CCCCC[C@H](O)[C@@H]1O[C@H]1/C=C\CCCCCCCC(=O)OC. The lowest BCUT2D eigenvalue weighted by Gasteiger charge is -2.05. The largest absolute Gasteiger partial charge is 0.469 e. The predicted molar refractivity (Wildman–Crippen MR) is 92.3 cm³/mol. The van der Waals surface area contributed by atoms with Crippen LogP contribution in [0.1, 0.15) is 77.6 Å². The first-order valence-corrected chi connectivity index (χ1v) is 9.26. The molecule has 0 aromatic rings. The minimum atomic E-state index is -0.300. The Morgan fingerprint density at radius 2 is 1.91 bits per heavy atom. The molecule has 1 aliphatic rings. The fraction of sp³-hybridized carbons (Fsp3) is 0.842. The van der Waals surface area contributed by atoms with Crippen molar-refractivity contribution in [2.45, 2.75) is 95.9 Å². The maximum absolute atomic E-state index is 10.9. The third kappa shape index (κ3) is 9.77. The standard InChI is InChI=1S/C19H34O4/c1-3-4-10-13-16(20)19-17(23-19)14-11-8-6-5-7-9-12-15-18(21)22-2/h11,14,16-17,19-20H,3-10,12-13,15H2,1-2H3/b14-11-/t16-,17-,19-/m0/s1. The molecule has 1 N–H and O–H groups in total. The van der Waals surface area contributed by atoms with Crippen LogP contribution >= 0.6 is 0 Å². The maximum atomic E-state index is 10.9. The van der Waals surface area contributed by atoms with E-state index in [-0.39, 0.29) is 24.3 Å². The number of unbranched alkanes of at least 4 members (excludes halogenated alkanes) is 7. The van der Waals surface area contributed by atoms with E-state index in [4.69, 9.17) is 4.74 Å². The van der Waals surface area contributed by atoms with Crippen LogP contribution in [0.3, 0.4) is 0 Å². The summed E-state index contributed by atoms with van der Waals surface area (Å²) in [6.45, 7) is 2.17. The van der Waals surface area contributed by atoms with Crippen molar-refractivity contribution in [1.82, 2.24) is 0 Å². The molecule has 1 saturated heterocycles. The molecule has 4 nitrogen and oxygen atoms in total. The van der Waals surface area contributed by atoms with Gasteiger partial charge in [0.1, 0.15) is 12.2 Å². The zero-order chi connectivity index (χ0) is 16.9. The quantitative estimate of drug-likeness (QED) is 0.225. The van der Waals surface area contributed by atoms with Gasteiger partial charge in [0.15, 0.2) is 0 Å². The number of carbonyl (C=O) groups is 1. The highest BCUT2D eigenvalue weighted by Crippen LogP contribution is 2.29. The van der Waals surface area contributed by atoms with Crippen molar-refractivity contribution in [2.24, 2.45) is 0 Å². The summed E-state index contributed by atoms with van der Waals surface area (Å²) < 4.78 is 10.1. The normalized spacial score (nSPS) is 21.5. The van der Waals surface area contributed by atoms with E-state index in [2.05, 4.69) is 23.8 Å². The highest BCUT2D eigenvalue weighted by atomic mass is 16.6. The smallest absolute Gasteiger partial charge is 0.305 e. The van der Waals surface area contributed by atoms with Gasteiger partial charge in [0.25, 0.3) is 0 Å². The Kier molecular flexibility index (Phi) is 11.0. The van der Waals surface area contributed by atoms with Gasteiger partial charge in [-0.15, -0.1) is 0 Å². The molecule has 134 valence electrons. The fourth-order valence-corrected chi connectivity index (χ4v) is 2.76. The van der Waals surface area contributed by atoms with Crippen LogP contribution in [-0.2, 0) is 14.3 Å². The zero-order valence-corrected chi connectivity index (χ0v) is 14.8. The van der Waals surface area contributed by atoms with E-state index in [1.165, 1.54) is 39.2 Å². The van der Waals surface area contributed by atoms with E-state index >= 15 is 0 Å². The van der Waals surface area contributed by atoms with Crippen LogP contribution < -0.4 is 0 Å². The van der Waals surface area contributed by atoms with Crippen molar-refractivity contribution >= 4 is 5.97 Å². The van der Waals surface area contributed by atoms with Gasteiger partial charge in [-0.1, -0.05) is 57.6 Å². The number of methoxy groups -OCH3 is 1. The second kappa shape index (κ2) is 12.5. The summed E-state index contributed by atoms with van der Waals surface area (Å²) in [5.74, 6) is -0.108. The molecule has 0 aliphatic carbocycles. The number of hydrogen-bond acceptors (Lipinski definition) is 4. The molecule has 0 bridgehead atoms. The Balaban J connectivity index is 1.91. The molecule has 4 heteroatoms. The molecule has 0 aromatic carbocycles. The summed E-state index contributed by atoms with van der Waals surface area (Å²) >= 11 is 0. The van der Waals surface area contributed by atoms with E-state index in [1.807, 2.05) is 0 Å². The van der Waals surface area contributed by atoms with Crippen molar-refractivity contribution in [3.8, 4) is 0 Å². The van der Waals surface area contributed by atoms with Crippen molar-refractivity contribution in [1.29, 1.82) is 0 Å². The molecule has 0 amide bonds. The molecule has 1 aliphatic heterocycles. The Bertz CT molecular complexity index is 340. The highest BCUT2D eigenvalue weighted by Gasteiger charge is 2.41. The van der Waals surface area contributed by atoms with Gasteiger partial charge in [0.05, 0.1) is 13.2 Å². The molecule has 0 spiro atoms. The molecule has 23 heavy (non-hydrogen) atoms. The fourth-order valence-electron chi connectivity index (χ4n) is 2.76. The molecule has 3 atom stereocenters. The Hall–Kier alpha value is -0.870. The molecule has 1 fully saturated rings. The lowest BCUT2D eigenvalue weighted by Crippen LogP contribution is -2.16. The highest BCUT2D eigenvalue weighted by molar-refractivity contribution is 5.68. The first-order chi connectivity index (χ1) is 11.2. The van der Waals surface area contributed by atoms with Crippen LogP contribution in [0, 0.1) is 0 Å². The molecule has 0 aromatic heterocycles. The summed E-state index contributed by atoms with van der Waals surface area (Å²) in [6.07, 6.45) is 15.6. The van der Waals surface area contributed by atoms with E-state index in [9.17, 15) is 9.90 Å². The number of esters is 1. The number of carbonyl (C=O) groups excluding carboxylic acids is 1. The Morgan fingerprint density at radius 3 is 2.65 bits per heavy atom. The maximum Gasteiger partial charge on any atom is 0.305 e. The van der Waals surface area contributed by atoms with Crippen LogP contribution in [0.4, 0.5) is 0 Å². The molecule has 1 heterocycles. The van der Waals surface area contributed by atoms with Crippen LogP contribution in [0.5, 0.6) is 0 Å². The molecule has 1 rings (SSSR count). The number of rotatable bonds is 14. The van der Waals surface area contributed by atoms with Gasteiger partial charge in [0, 0.05) is 6.42 Å². The van der Waals surface area contributed by atoms with Crippen LogP contribution in [0.2, 0.25) is 0 Å². The van der Waals surface area contributed by atoms with Gasteiger partial charge >= 0.3 is 5.97 Å². The second-order valence-electron chi connectivity index (χ2n) is 6.44. The molecule has 0 saturated carbocycles. The van der Waals surface area contributed by atoms with Gasteiger partial charge in [-0.2, -0.15) is 0 Å². The van der Waals surface area contributed by atoms with Gasteiger partial charge in [-0.05, 0) is 25.7 Å². The van der Waals surface area contributed by atoms with E-state index in [0.717, 1.165) is 32.1 Å². The number of aliphatic hydroxyl groups is 1. The first-order valence-electron chi connectivity index (χ1n) is 9.26. The number of ether oxygens (including phenoxy) is 2. The minimum Gasteiger partial charge on any atom is -0.469 e. The van der Waals surface area contributed by atoms with Crippen LogP contribution in [0.25, 0.3) is 0 Å². The lowest BCUT2D eigenvalue weighted by molar-refractivity contribution is -0.140. The summed E-state index contributed by atoms with van der Waals surface area (Å²) in [5.41, 5.74) is 0. The summed E-state index contributed by atoms with van der Waals surface area (Å²) in [6, 6.07) is 0. The summed E-state index contributed by atoms with van der Waals surface area (Å²) in [7, 11) is 1.44. The van der Waals surface area contributed by atoms with Crippen molar-refractivity contribution in [2.75, 3.05) is 7.11 Å². The van der Waals surface area contributed by atoms with Gasteiger partial charge in [-0.25, -0.2) is 0 Å². The molecular weight excluding hydrogens is 292 g/mol. The van der Waals surface area contributed by atoms with E-state index in [1.54, 1.807) is 0 Å². The average molecular weight is 326 g/mol. The van der Waals surface area contributed by atoms with Gasteiger partial charge < -0.3 is 14.6 Å². The molecule has 0 radical (unpaired) electrons. The van der Waals surface area contributed by atoms with E-state index < -0.39 is 0 Å². The van der Waals surface area contributed by atoms with Crippen LogP contribution in [-0.4, -0.2) is 36.5 Å². The van der Waals surface area contributed by atoms with E-state index in [0.29, 0.717) is 6.42 Å². The van der Waals surface area contributed by atoms with Gasteiger partial charge in [-0.3, -0.25) is 4.79 Å². The van der Waals surface area contributed by atoms with Crippen molar-refractivity contribution in [3.63, 3.8) is 0 Å². The average Bonchev–Trinajstić information content (AvgIpc) is 3.32. The lowest BCUT2D eigenvalue weighted by atomic mass is 10.1. The first kappa shape index (κ1) is 20.2. The van der Waals surface area contributed by atoms with Crippen molar-refractivity contribution in [3.05, 3.63) is 12.2 Å². The number of aliphatic hydroxyl groups excluding tert-OH is 1. The third-order valence-electron chi connectivity index (χ3n) is 4.35. The minimum absolute atomic E-state index is 0.0291. The number of allylic oxidation sites excluding steroid dienone is 1. The third-order valence-corrected chi connectivity index (χ3v) is 4.35. The predicted octanol–water partition coefficient (Wildman–Crippen LogP) is 4.15. The zero-order valence-electron chi connectivity index (χ0n) is 14.8. The van der Waals surface area contributed by atoms with Crippen molar-refractivity contribution < 1.29 is 19.4 Å². The topological polar surface area (TPSA) is 59.1 Å². The Morgan fingerprint density at radius 1 is 1.17 bits per heavy atom. The summed E-state index contributed by atoms with van der Waals surface area (Å²) in [4.78, 5) is 10.9.